The van der Waals surface area contributed by atoms with Crippen molar-refractivity contribution in [2.24, 2.45) is 0 Å². The quantitative estimate of drug-likeness (QED) is 0.609. The molecule has 1 aliphatic carbocycles. The summed E-state index contributed by atoms with van der Waals surface area (Å²) in [7, 11) is 0. The van der Waals surface area contributed by atoms with Crippen molar-refractivity contribution in [1.82, 2.24) is 0 Å². The van der Waals surface area contributed by atoms with E-state index in [-0.39, 0.29) is 5.60 Å². The molecule has 0 atom stereocenters. The maximum atomic E-state index is 9.34. The summed E-state index contributed by atoms with van der Waals surface area (Å²) >= 11 is 1.91. The Hall–Kier alpha value is 0.310. The minimum absolute atomic E-state index is 0.220. The van der Waals surface area contributed by atoms with Crippen molar-refractivity contribution in [2.45, 2.75) is 31.8 Å². The summed E-state index contributed by atoms with van der Waals surface area (Å²) in [6.45, 7) is 2.15. The highest BCUT2D eigenvalue weighted by atomic mass is 32.2. The van der Waals surface area contributed by atoms with Crippen LogP contribution in [0.3, 0.4) is 0 Å². The van der Waals surface area contributed by atoms with Crippen molar-refractivity contribution in [1.29, 1.82) is 0 Å². The number of thioether (sulfide) groups is 1. The third-order valence-electron chi connectivity index (χ3n) is 1.74. The third kappa shape index (κ3) is 2.59. The van der Waals surface area contributed by atoms with E-state index in [1.807, 2.05) is 11.8 Å². The predicted octanol–water partition coefficient (Wildman–Crippen LogP) is 1.65. The lowest BCUT2D eigenvalue weighted by atomic mass is 10.3. The SMILES string of the molecule is CCSCCC1(O)CC1. The minimum atomic E-state index is -0.220. The van der Waals surface area contributed by atoms with Crippen molar-refractivity contribution < 1.29 is 5.11 Å². The van der Waals surface area contributed by atoms with Gasteiger partial charge < -0.3 is 5.11 Å². The molecule has 2 heteroatoms. The van der Waals surface area contributed by atoms with Crippen LogP contribution in [0.25, 0.3) is 0 Å². The molecule has 1 fully saturated rings. The van der Waals surface area contributed by atoms with Gasteiger partial charge in [-0.15, -0.1) is 0 Å². The fourth-order valence-electron chi connectivity index (χ4n) is 0.801. The van der Waals surface area contributed by atoms with E-state index in [0.29, 0.717) is 0 Å². The Kier molecular flexibility index (Phi) is 2.42. The van der Waals surface area contributed by atoms with E-state index in [4.69, 9.17) is 0 Å². The summed E-state index contributed by atoms with van der Waals surface area (Å²) < 4.78 is 0. The molecule has 1 nitrogen and oxygen atoms in total. The molecule has 1 aliphatic rings. The Bertz CT molecular complexity index is 88.9. The normalized spacial score (nSPS) is 22.0. The average Bonchev–Trinajstić information content (AvgIpc) is 2.50. The maximum Gasteiger partial charge on any atom is 0.0657 e. The molecular formula is C7H14OS. The van der Waals surface area contributed by atoms with Crippen LogP contribution >= 0.6 is 11.8 Å². The van der Waals surface area contributed by atoms with Crippen LogP contribution in [0.2, 0.25) is 0 Å². The van der Waals surface area contributed by atoms with Gasteiger partial charge in [0.1, 0.15) is 0 Å². The van der Waals surface area contributed by atoms with Gasteiger partial charge in [0.25, 0.3) is 0 Å². The first kappa shape index (κ1) is 7.42. The predicted molar refractivity (Wildman–Crippen MR) is 41.8 cm³/mol. The van der Waals surface area contributed by atoms with E-state index in [9.17, 15) is 5.11 Å². The molecule has 0 bridgehead atoms. The standard InChI is InChI=1S/C7H14OS/c1-2-9-6-5-7(8)3-4-7/h8H,2-6H2,1H3. The van der Waals surface area contributed by atoms with Crippen LogP contribution in [0.1, 0.15) is 26.2 Å². The molecular weight excluding hydrogens is 132 g/mol. The number of rotatable bonds is 4. The highest BCUT2D eigenvalue weighted by Gasteiger charge is 2.39. The first-order chi connectivity index (χ1) is 4.27. The van der Waals surface area contributed by atoms with Gasteiger partial charge in [0, 0.05) is 0 Å². The molecule has 0 radical (unpaired) electrons. The lowest BCUT2D eigenvalue weighted by Gasteiger charge is -2.04. The van der Waals surface area contributed by atoms with Crippen LogP contribution in [0.4, 0.5) is 0 Å². The van der Waals surface area contributed by atoms with Crippen LogP contribution in [-0.2, 0) is 0 Å². The van der Waals surface area contributed by atoms with Crippen molar-refractivity contribution in [3.8, 4) is 0 Å². The minimum Gasteiger partial charge on any atom is -0.390 e. The summed E-state index contributed by atoms with van der Waals surface area (Å²) in [6, 6.07) is 0. The van der Waals surface area contributed by atoms with Crippen LogP contribution < -0.4 is 0 Å². The first-order valence-corrected chi connectivity index (χ1v) is 4.72. The van der Waals surface area contributed by atoms with Gasteiger partial charge in [-0.2, -0.15) is 11.8 Å². The van der Waals surface area contributed by atoms with Gasteiger partial charge in [-0.3, -0.25) is 0 Å². The summed E-state index contributed by atoms with van der Waals surface area (Å²) in [6.07, 6.45) is 3.08. The molecule has 0 unspecified atom stereocenters. The molecule has 0 aromatic heterocycles. The molecule has 54 valence electrons. The van der Waals surface area contributed by atoms with Crippen LogP contribution in [0, 0.1) is 0 Å². The molecule has 0 saturated heterocycles. The van der Waals surface area contributed by atoms with E-state index in [2.05, 4.69) is 6.92 Å². The lowest BCUT2D eigenvalue weighted by molar-refractivity contribution is 0.147. The van der Waals surface area contributed by atoms with E-state index in [0.717, 1.165) is 25.0 Å². The van der Waals surface area contributed by atoms with Gasteiger partial charge in [0.05, 0.1) is 5.60 Å². The van der Waals surface area contributed by atoms with Gasteiger partial charge in [-0.25, -0.2) is 0 Å². The molecule has 9 heavy (non-hydrogen) atoms. The van der Waals surface area contributed by atoms with Gasteiger partial charge in [-0.05, 0) is 30.8 Å². The molecule has 0 heterocycles. The topological polar surface area (TPSA) is 20.2 Å². The Labute approximate surface area is 60.8 Å². The summed E-state index contributed by atoms with van der Waals surface area (Å²) in [5.74, 6) is 2.31. The second kappa shape index (κ2) is 2.93. The highest BCUT2D eigenvalue weighted by molar-refractivity contribution is 7.99. The average molecular weight is 146 g/mol. The van der Waals surface area contributed by atoms with E-state index < -0.39 is 0 Å². The number of aliphatic hydroxyl groups is 1. The van der Waals surface area contributed by atoms with Crippen molar-refractivity contribution in [2.75, 3.05) is 11.5 Å². The summed E-state index contributed by atoms with van der Waals surface area (Å²) in [5, 5.41) is 9.34. The van der Waals surface area contributed by atoms with Crippen LogP contribution in [0.15, 0.2) is 0 Å². The van der Waals surface area contributed by atoms with Gasteiger partial charge >= 0.3 is 0 Å². The zero-order valence-corrected chi connectivity index (χ0v) is 6.71. The van der Waals surface area contributed by atoms with E-state index >= 15 is 0 Å². The zero-order chi connectivity index (χ0) is 6.74. The fraction of sp³-hybridized carbons (Fsp3) is 1.00. The molecule has 0 spiro atoms. The smallest absolute Gasteiger partial charge is 0.0657 e. The zero-order valence-electron chi connectivity index (χ0n) is 5.89. The number of hydrogen-bond acceptors (Lipinski definition) is 2. The maximum absolute atomic E-state index is 9.34. The molecule has 1 N–H and O–H groups in total. The second-order valence-electron chi connectivity index (χ2n) is 2.67. The van der Waals surface area contributed by atoms with Crippen molar-refractivity contribution in [3.63, 3.8) is 0 Å². The summed E-state index contributed by atoms with van der Waals surface area (Å²) in [5.41, 5.74) is -0.220. The second-order valence-corrected chi connectivity index (χ2v) is 4.07. The van der Waals surface area contributed by atoms with E-state index in [1.54, 1.807) is 0 Å². The molecule has 0 aromatic rings. The van der Waals surface area contributed by atoms with Gasteiger partial charge in [0.15, 0.2) is 0 Å². The molecule has 1 saturated carbocycles. The Morgan fingerprint density at radius 2 is 2.22 bits per heavy atom. The fourth-order valence-corrected chi connectivity index (χ4v) is 1.61. The summed E-state index contributed by atoms with van der Waals surface area (Å²) in [4.78, 5) is 0. The lowest BCUT2D eigenvalue weighted by Crippen LogP contribution is -2.07. The van der Waals surface area contributed by atoms with Crippen LogP contribution in [0.5, 0.6) is 0 Å². The molecule has 0 aromatic carbocycles. The number of hydrogen-bond donors (Lipinski definition) is 1. The van der Waals surface area contributed by atoms with E-state index in [1.165, 1.54) is 5.75 Å². The van der Waals surface area contributed by atoms with Gasteiger partial charge in [-0.1, -0.05) is 6.92 Å². The molecule has 0 aliphatic heterocycles. The molecule has 0 amide bonds. The Morgan fingerprint density at radius 1 is 1.56 bits per heavy atom. The van der Waals surface area contributed by atoms with Crippen molar-refractivity contribution >= 4 is 11.8 Å². The van der Waals surface area contributed by atoms with Gasteiger partial charge in [0.2, 0.25) is 0 Å². The van der Waals surface area contributed by atoms with Crippen molar-refractivity contribution in [3.05, 3.63) is 0 Å². The Morgan fingerprint density at radius 3 is 2.67 bits per heavy atom. The monoisotopic (exact) mass is 146 g/mol. The highest BCUT2D eigenvalue weighted by Crippen LogP contribution is 2.38. The Balaban J connectivity index is 1.92. The largest absolute Gasteiger partial charge is 0.390 e. The van der Waals surface area contributed by atoms with Crippen LogP contribution in [-0.4, -0.2) is 22.2 Å². The third-order valence-corrected chi connectivity index (χ3v) is 2.64. The first-order valence-electron chi connectivity index (χ1n) is 3.57. The molecule has 1 rings (SSSR count).